The number of halogens is 2. The van der Waals surface area contributed by atoms with Crippen molar-refractivity contribution in [3.8, 4) is 0 Å². The van der Waals surface area contributed by atoms with Gasteiger partial charge in [0, 0.05) is 0 Å². The van der Waals surface area contributed by atoms with Gasteiger partial charge in [-0.3, -0.25) is 0 Å². The van der Waals surface area contributed by atoms with Crippen LogP contribution < -0.4 is 5.73 Å². The van der Waals surface area contributed by atoms with E-state index in [2.05, 4.69) is 15.9 Å². The molecule has 0 saturated heterocycles. The summed E-state index contributed by atoms with van der Waals surface area (Å²) in [7, 11) is 0. The van der Waals surface area contributed by atoms with Crippen LogP contribution in [0.4, 0.5) is 10.1 Å². The van der Waals surface area contributed by atoms with Crippen LogP contribution in [0.15, 0.2) is 34.1 Å². The Bertz CT molecular complexity index is 585. The number of hydrogen-bond donors (Lipinski definition) is 1. The van der Waals surface area contributed by atoms with Crippen molar-refractivity contribution in [2.45, 2.75) is 6.61 Å². The van der Waals surface area contributed by atoms with Crippen molar-refractivity contribution >= 4 is 38.9 Å². The Labute approximate surface area is 116 Å². The zero-order chi connectivity index (χ0) is 13.1. The highest BCUT2D eigenvalue weighted by Crippen LogP contribution is 2.21. The van der Waals surface area contributed by atoms with Gasteiger partial charge in [0.15, 0.2) is 0 Å². The topological polar surface area (TPSA) is 52.3 Å². The molecule has 0 aliphatic rings. The molecule has 0 amide bonds. The second-order valence-corrected chi connectivity index (χ2v) is 5.30. The van der Waals surface area contributed by atoms with Gasteiger partial charge in [-0.2, -0.15) is 0 Å². The third-order valence-corrected chi connectivity index (χ3v) is 3.75. The standard InChI is InChI=1S/C12H9BrFNO2S/c13-8-5-7(1-2-9(8)14)6-17-12(16)11-10(15)3-4-18-11/h1-5H,6,15H2. The van der Waals surface area contributed by atoms with Gasteiger partial charge >= 0.3 is 5.97 Å². The summed E-state index contributed by atoms with van der Waals surface area (Å²) in [6.45, 7) is 0.0784. The molecule has 3 nitrogen and oxygen atoms in total. The second kappa shape index (κ2) is 5.49. The highest BCUT2D eigenvalue weighted by Gasteiger charge is 2.13. The maximum absolute atomic E-state index is 13.0. The number of benzene rings is 1. The largest absolute Gasteiger partial charge is 0.457 e. The third-order valence-electron chi connectivity index (χ3n) is 2.24. The highest BCUT2D eigenvalue weighted by molar-refractivity contribution is 9.10. The lowest BCUT2D eigenvalue weighted by molar-refractivity contribution is 0.0479. The van der Waals surface area contributed by atoms with Crippen LogP contribution in [0.2, 0.25) is 0 Å². The Kier molecular flexibility index (Phi) is 3.98. The molecule has 0 aliphatic heterocycles. The lowest BCUT2D eigenvalue weighted by atomic mass is 10.2. The van der Waals surface area contributed by atoms with Crippen LogP contribution in [-0.2, 0) is 11.3 Å². The Hall–Kier alpha value is -1.40. The van der Waals surface area contributed by atoms with Gasteiger partial charge < -0.3 is 10.5 Å². The maximum atomic E-state index is 13.0. The molecule has 94 valence electrons. The average Bonchev–Trinajstić information content (AvgIpc) is 2.77. The van der Waals surface area contributed by atoms with E-state index in [0.29, 0.717) is 20.6 Å². The minimum absolute atomic E-state index is 0.0784. The van der Waals surface area contributed by atoms with E-state index in [1.54, 1.807) is 23.6 Å². The number of rotatable bonds is 3. The molecule has 0 unspecified atom stereocenters. The van der Waals surface area contributed by atoms with E-state index in [-0.39, 0.29) is 12.4 Å². The summed E-state index contributed by atoms with van der Waals surface area (Å²) in [5.74, 6) is -0.824. The smallest absolute Gasteiger partial charge is 0.350 e. The Morgan fingerprint density at radius 2 is 2.22 bits per heavy atom. The van der Waals surface area contributed by atoms with Crippen LogP contribution in [0.25, 0.3) is 0 Å². The van der Waals surface area contributed by atoms with Gasteiger partial charge in [-0.15, -0.1) is 11.3 Å². The number of carbonyl (C=O) groups excluding carboxylic acids is 1. The van der Waals surface area contributed by atoms with Crippen molar-refractivity contribution < 1.29 is 13.9 Å². The van der Waals surface area contributed by atoms with Crippen molar-refractivity contribution in [1.82, 2.24) is 0 Å². The van der Waals surface area contributed by atoms with Gasteiger partial charge in [-0.25, -0.2) is 9.18 Å². The normalized spacial score (nSPS) is 10.3. The van der Waals surface area contributed by atoms with Gasteiger partial charge in [-0.05, 0) is 45.1 Å². The molecule has 18 heavy (non-hydrogen) atoms. The summed E-state index contributed by atoms with van der Waals surface area (Å²) in [4.78, 5) is 12.1. The molecule has 2 N–H and O–H groups in total. The molecule has 1 aromatic carbocycles. The van der Waals surface area contributed by atoms with Crippen LogP contribution in [-0.4, -0.2) is 5.97 Å². The summed E-state index contributed by atoms with van der Waals surface area (Å²) in [6, 6.07) is 6.09. The number of nitrogen functional groups attached to an aromatic ring is 1. The van der Waals surface area contributed by atoms with E-state index in [9.17, 15) is 9.18 Å². The molecule has 0 aliphatic carbocycles. The van der Waals surface area contributed by atoms with Crippen LogP contribution in [0.3, 0.4) is 0 Å². The fourth-order valence-corrected chi connectivity index (χ4v) is 2.47. The van der Waals surface area contributed by atoms with Crippen LogP contribution in [0, 0.1) is 5.82 Å². The van der Waals surface area contributed by atoms with Gasteiger partial charge in [0.25, 0.3) is 0 Å². The van der Waals surface area contributed by atoms with E-state index in [0.717, 1.165) is 0 Å². The molecule has 0 atom stereocenters. The van der Waals surface area contributed by atoms with Gasteiger partial charge in [-0.1, -0.05) is 6.07 Å². The molecule has 1 aromatic heterocycles. The van der Waals surface area contributed by atoms with Gasteiger partial charge in [0.05, 0.1) is 10.2 Å². The average molecular weight is 330 g/mol. The third kappa shape index (κ3) is 2.88. The minimum Gasteiger partial charge on any atom is -0.457 e. The first kappa shape index (κ1) is 13.0. The van der Waals surface area contributed by atoms with Crippen LogP contribution in [0.5, 0.6) is 0 Å². The number of carbonyl (C=O) groups is 1. The van der Waals surface area contributed by atoms with Crippen LogP contribution in [0.1, 0.15) is 15.2 Å². The first-order chi connectivity index (χ1) is 8.58. The number of anilines is 1. The number of esters is 1. The van der Waals surface area contributed by atoms with Gasteiger partial charge in [0.1, 0.15) is 17.3 Å². The fourth-order valence-electron chi connectivity index (χ4n) is 1.33. The second-order valence-electron chi connectivity index (χ2n) is 3.53. The number of thiophene rings is 1. The molecule has 0 spiro atoms. The SMILES string of the molecule is Nc1ccsc1C(=O)OCc1ccc(F)c(Br)c1. The zero-order valence-electron chi connectivity index (χ0n) is 9.15. The van der Waals surface area contributed by atoms with Crippen molar-refractivity contribution in [2.24, 2.45) is 0 Å². The first-order valence-corrected chi connectivity index (χ1v) is 6.69. The molecular weight excluding hydrogens is 321 g/mol. The Morgan fingerprint density at radius 1 is 1.44 bits per heavy atom. The fraction of sp³-hybridized carbons (Fsp3) is 0.0833. The quantitative estimate of drug-likeness (QED) is 0.875. The monoisotopic (exact) mass is 329 g/mol. The van der Waals surface area contributed by atoms with E-state index in [1.165, 1.54) is 17.4 Å². The van der Waals surface area contributed by atoms with Crippen LogP contribution >= 0.6 is 27.3 Å². The van der Waals surface area contributed by atoms with Crippen molar-refractivity contribution in [2.75, 3.05) is 5.73 Å². The molecule has 0 fully saturated rings. The molecule has 6 heteroatoms. The summed E-state index contributed by atoms with van der Waals surface area (Å²) >= 11 is 4.30. The predicted molar refractivity (Wildman–Crippen MR) is 72.0 cm³/mol. The summed E-state index contributed by atoms with van der Waals surface area (Å²) in [5.41, 5.74) is 6.72. The molecule has 2 rings (SSSR count). The first-order valence-electron chi connectivity index (χ1n) is 5.02. The lowest BCUT2D eigenvalue weighted by Crippen LogP contribution is -2.05. The molecule has 0 radical (unpaired) electrons. The van der Waals surface area contributed by atoms with E-state index in [4.69, 9.17) is 10.5 Å². The number of nitrogens with two attached hydrogens (primary N) is 1. The molecular formula is C12H9BrFNO2S. The van der Waals surface area contributed by atoms with Crippen molar-refractivity contribution in [1.29, 1.82) is 0 Å². The van der Waals surface area contributed by atoms with Crippen molar-refractivity contribution in [3.05, 3.63) is 50.4 Å². The number of hydrogen-bond acceptors (Lipinski definition) is 4. The Balaban J connectivity index is 2.02. The molecule has 0 saturated carbocycles. The lowest BCUT2D eigenvalue weighted by Gasteiger charge is -2.05. The van der Waals surface area contributed by atoms with E-state index >= 15 is 0 Å². The maximum Gasteiger partial charge on any atom is 0.350 e. The summed E-state index contributed by atoms with van der Waals surface area (Å²) < 4.78 is 18.4. The number of ether oxygens (including phenoxy) is 1. The van der Waals surface area contributed by atoms with Crippen molar-refractivity contribution in [3.63, 3.8) is 0 Å². The molecule has 0 bridgehead atoms. The highest BCUT2D eigenvalue weighted by atomic mass is 79.9. The minimum atomic E-state index is -0.469. The zero-order valence-corrected chi connectivity index (χ0v) is 11.6. The van der Waals surface area contributed by atoms with E-state index in [1.807, 2.05) is 0 Å². The Morgan fingerprint density at radius 3 is 2.83 bits per heavy atom. The summed E-state index contributed by atoms with van der Waals surface area (Å²) in [5, 5.41) is 1.72. The summed E-state index contributed by atoms with van der Waals surface area (Å²) in [6.07, 6.45) is 0. The van der Waals surface area contributed by atoms with Gasteiger partial charge in [0.2, 0.25) is 0 Å². The molecule has 1 heterocycles. The predicted octanol–water partition coefficient (Wildman–Crippen LogP) is 3.59. The molecule has 2 aromatic rings. The van der Waals surface area contributed by atoms with E-state index < -0.39 is 5.97 Å².